The van der Waals surface area contributed by atoms with Crippen molar-refractivity contribution in [3.05, 3.63) is 66.5 Å². The number of nitrogens with zero attached hydrogens (tertiary/aromatic N) is 3. The minimum Gasteiger partial charge on any atom is -0.436 e. The summed E-state index contributed by atoms with van der Waals surface area (Å²) >= 11 is 0. The lowest BCUT2D eigenvalue weighted by Gasteiger charge is -2.07. The Morgan fingerprint density at radius 1 is 1.16 bits per heavy atom. The Kier molecular flexibility index (Phi) is 3.78. The summed E-state index contributed by atoms with van der Waals surface area (Å²) in [7, 11) is 0. The highest BCUT2D eigenvalue weighted by molar-refractivity contribution is 6.03. The third kappa shape index (κ3) is 2.89. The second kappa shape index (κ2) is 6.24. The van der Waals surface area contributed by atoms with Crippen molar-refractivity contribution in [3.8, 4) is 11.5 Å². The van der Waals surface area contributed by atoms with Gasteiger partial charge in [0.15, 0.2) is 5.58 Å². The van der Waals surface area contributed by atoms with Gasteiger partial charge in [0.05, 0.1) is 0 Å². The Bertz CT molecular complexity index is 1020. The lowest BCUT2D eigenvalue weighted by Crippen LogP contribution is -2.17. The number of rotatable bonds is 4. The highest BCUT2D eigenvalue weighted by Crippen LogP contribution is 2.26. The normalized spacial score (nSPS) is 10.9. The average molecular weight is 332 g/mol. The monoisotopic (exact) mass is 332 g/mol. The quantitative estimate of drug-likeness (QED) is 0.614. The third-order valence-electron chi connectivity index (χ3n) is 3.91. The number of carbonyl (C=O) groups excluding carboxylic acids is 1. The number of nitrogens with one attached hydrogen (secondary N) is 1. The van der Waals surface area contributed by atoms with Crippen molar-refractivity contribution < 1.29 is 9.21 Å². The van der Waals surface area contributed by atoms with Crippen LogP contribution in [0.4, 0.5) is 5.69 Å². The van der Waals surface area contributed by atoms with Gasteiger partial charge in [-0.15, -0.1) is 0 Å². The molecule has 2 aromatic heterocycles. The van der Waals surface area contributed by atoms with Crippen LogP contribution in [0.3, 0.4) is 0 Å². The van der Waals surface area contributed by atoms with E-state index < -0.39 is 0 Å². The van der Waals surface area contributed by atoms with E-state index in [1.165, 1.54) is 0 Å². The van der Waals surface area contributed by atoms with Crippen molar-refractivity contribution in [1.29, 1.82) is 0 Å². The fraction of sp³-hybridized carbons (Fsp3) is 0.105. The molecule has 0 fully saturated rings. The fourth-order valence-electron chi connectivity index (χ4n) is 2.70. The van der Waals surface area contributed by atoms with Crippen LogP contribution in [0.1, 0.15) is 17.4 Å². The average Bonchev–Trinajstić information content (AvgIpc) is 3.28. The van der Waals surface area contributed by atoms with Crippen LogP contribution in [0.2, 0.25) is 0 Å². The molecule has 4 rings (SSSR count). The molecule has 0 atom stereocenters. The molecule has 2 aromatic carbocycles. The molecule has 6 heteroatoms. The van der Waals surface area contributed by atoms with E-state index in [1.807, 2.05) is 55.5 Å². The van der Waals surface area contributed by atoms with Gasteiger partial charge in [-0.3, -0.25) is 9.48 Å². The van der Waals surface area contributed by atoms with Crippen LogP contribution >= 0.6 is 0 Å². The highest BCUT2D eigenvalue weighted by Gasteiger charge is 2.13. The molecular formula is C19H16N4O2. The van der Waals surface area contributed by atoms with Gasteiger partial charge in [0.1, 0.15) is 11.2 Å². The van der Waals surface area contributed by atoms with E-state index in [0.29, 0.717) is 23.8 Å². The Labute approximate surface area is 144 Å². The molecule has 0 unspecified atom stereocenters. The maximum atomic E-state index is 12.4. The summed E-state index contributed by atoms with van der Waals surface area (Å²) in [5, 5.41) is 7.01. The van der Waals surface area contributed by atoms with Gasteiger partial charge in [0, 0.05) is 24.0 Å². The minimum atomic E-state index is -0.200. The lowest BCUT2D eigenvalue weighted by atomic mass is 10.2. The van der Waals surface area contributed by atoms with Crippen LogP contribution in [-0.2, 0) is 6.54 Å². The predicted octanol–water partition coefficient (Wildman–Crippen LogP) is 3.96. The first kappa shape index (κ1) is 15.1. The molecular weight excluding hydrogens is 316 g/mol. The first-order valence-corrected chi connectivity index (χ1v) is 8.04. The molecule has 0 aliphatic heterocycles. The summed E-state index contributed by atoms with van der Waals surface area (Å²) in [5.41, 5.74) is 3.54. The van der Waals surface area contributed by atoms with Crippen molar-refractivity contribution in [2.45, 2.75) is 13.5 Å². The highest BCUT2D eigenvalue weighted by atomic mass is 16.3. The van der Waals surface area contributed by atoms with Crippen LogP contribution in [0.5, 0.6) is 0 Å². The summed E-state index contributed by atoms with van der Waals surface area (Å²) in [6, 6.07) is 16.7. The molecule has 0 bridgehead atoms. The van der Waals surface area contributed by atoms with Gasteiger partial charge in [-0.05, 0) is 43.3 Å². The number of benzene rings is 2. The van der Waals surface area contributed by atoms with Crippen molar-refractivity contribution >= 4 is 22.7 Å². The van der Waals surface area contributed by atoms with Gasteiger partial charge in [0.25, 0.3) is 5.91 Å². The van der Waals surface area contributed by atoms with Crippen molar-refractivity contribution in [2.24, 2.45) is 0 Å². The number of aryl methyl sites for hydroxylation is 1. The number of fused-ring (bicyclic) bond motifs is 1. The zero-order valence-corrected chi connectivity index (χ0v) is 13.6. The molecule has 2 heterocycles. The summed E-state index contributed by atoms with van der Waals surface area (Å²) in [6.45, 7) is 2.58. The first-order valence-electron chi connectivity index (χ1n) is 8.04. The van der Waals surface area contributed by atoms with Crippen LogP contribution < -0.4 is 5.32 Å². The van der Waals surface area contributed by atoms with Gasteiger partial charge in [0.2, 0.25) is 5.89 Å². The molecule has 1 amide bonds. The number of anilines is 1. The van der Waals surface area contributed by atoms with E-state index in [1.54, 1.807) is 16.9 Å². The Balaban J connectivity index is 1.62. The second-order valence-electron chi connectivity index (χ2n) is 5.55. The number of hydrogen-bond donors (Lipinski definition) is 1. The maximum Gasteiger partial charge on any atom is 0.273 e. The number of oxazole rings is 1. The first-order chi connectivity index (χ1) is 12.2. The van der Waals surface area contributed by atoms with E-state index in [9.17, 15) is 4.79 Å². The molecule has 1 N–H and O–H groups in total. The molecule has 0 radical (unpaired) electrons. The summed E-state index contributed by atoms with van der Waals surface area (Å²) < 4.78 is 7.44. The van der Waals surface area contributed by atoms with Crippen LogP contribution in [0, 0.1) is 0 Å². The molecule has 0 spiro atoms. The topological polar surface area (TPSA) is 73.0 Å². The number of para-hydroxylation sites is 2. The van der Waals surface area contributed by atoms with E-state index in [-0.39, 0.29) is 5.91 Å². The number of carbonyl (C=O) groups is 1. The largest absolute Gasteiger partial charge is 0.436 e. The zero-order chi connectivity index (χ0) is 17.2. The van der Waals surface area contributed by atoms with Gasteiger partial charge in [-0.1, -0.05) is 18.2 Å². The summed E-state index contributed by atoms with van der Waals surface area (Å²) in [6.07, 6.45) is 1.62. The molecule has 0 aliphatic carbocycles. The van der Waals surface area contributed by atoms with Crippen LogP contribution in [0.15, 0.2) is 65.2 Å². The van der Waals surface area contributed by atoms with Gasteiger partial charge < -0.3 is 9.73 Å². The van der Waals surface area contributed by atoms with Crippen molar-refractivity contribution in [3.63, 3.8) is 0 Å². The second-order valence-corrected chi connectivity index (χ2v) is 5.55. The van der Waals surface area contributed by atoms with Crippen LogP contribution in [-0.4, -0.2) is 20.7 Å². The molecule has 25 heavy (non-hydrogen) atoms. The molecule has 0 aliphatic rings. The number of amides is 1. The zero-order valence-electron chi connectivity index (χ0n) is 13.6. The van der Waals surface area contributed by atoms with E-state index in [0.717, 1.165) is 16.7 Å². The van der Waals surface area contributed by atoms with Crippen LogP contribution in [0.25, 0.3) is 22.6 Å². The molecule has 4 aromatic rings. The Morgan fingerprint density at radius 2 is 2.04 bits per heavy atom. The lowest BCUT2D eigenvalue weighted by molar-refractivity contribution is 0.101. The van der Waals surface area contributed by atoms with E-state index in [4.69, 9.17) is 4.42 Å². The summed E-state index contributed by atoms with van der Waals surface area (Å²) in [4.78, 5) is 16.9. The van der Waals surface area contributed by atoms with Gasteiger partial charge in [-0.2, -0.15) is 5.10 Å². The minimum absolute atomic E-state index is 0.200. The summed E-state index contributed by atoms with van der Waals surface area (Å²) in [5.74, 6) is 0.324. The SMILES string of the molecule is CCn1nccc1C(=O)Nc1cccc(-c2nc3ccccc3o2)c1. The standard InChI is InChI=1S/C19H16N4O2/c1-2-23-16(10-11-20-23)18(24)21-14-7-5-6-13(12-14)19-22-15-8-3-4-9-17(15)25-19/h3-12H,2H2,1H3,(H,21,24). The molecule has 124 valence electrons. The molecule has 6 nitrogen and oxygen atoms in total. The van der Waals surface area contributed by atoms with E-state index >= 15 is 0 Å². The number of hydrogen-bond acceptors (Lipinski definition) is 4. The Hall–Kier alpha value is -3.41. The van der Waals surface area contributed by atoms with Gasteiger partial charge >= 0.3 is 0 Å². The van der Waals surface area contributed by atoms with Crippen molar-refractivity contribution in [1.82, 2.24) is 14.8 Å². The van der Waals surface area contributed by atoms with Crippen molar-refractivity contribution in [2.75, 3.05) is 5.32 Å². The van der Waals surface area contributed by atoms with Gasteiger partial charge in [-0.25, -0.2) is 4.98 Å². The fourth-order valence-corrected chi connectivity index (χ4v) is 2.70. The predicted molar refractivity (Wildman–Crippen MR) is 95.3 cm³/mol. The Morgan fingerprint density at radius 3 is 2.88 bits per heavy atom. The maximum absolute atomic E-state index is 12.4. The third-order valence-corrected chi connectivity index (χ3v) is 3.91. The molecule has 0 saturated heterocycles. The number of aromatic nitrogens is 3. The molecule has 0 saturated carbocycles. The van der Waals surface area contributed by atoms with E-state index in [2.05, 4.69) is 15.4 Å². The smallest absolute Gasteiger partial charge is 0.273 e.